The van der Waals surface area contributed by atoms with Crippen molar-refractivity contribution in [2.24, 2.45) is 4.99 Å². The third-order valence-electron chi connectivity index (χ3n) is 4.90. The molecule has 0 saturated heterocycles. The molecule has 0 radical (unpaired) electrons. The molecule has 0 fully saturated rings. The summed E-state index contributed by atoms with van der Waals surface area (Å²) >= 11 is 1.25. The highest BCUT2D eigenvalue weighted by Gasteiger charge is 2.15. The van der Waals surface area contributed by atoms with E-state index in [1.54, 1.807) is 49.4 Å². The zero-order chi connectivity index (χ0) is 23.4. The molecule has 0 bridgehead atoms. The molecule has 4 rings (SSSR count). The van der Waals surface area contributed by atoms with Crippen molar-refractivity contribution in [3.05, 3.63) is 74.9 Å². The highest BCUT2D eigenvalue weighted by molar-refractivity contribution is 7.16. The van der Waals surface area contributed by atoms with Gasteiger partial charge in [-0.05, 0) is 44.2 Å². The van der Waals surface area contributed by atoms with Gasteiger partial charge in [-0.2, -0.15) is 4.99 Å². The lowest BCUT2D eigenvalue weighted by molar-refractivity contribution is 0.0526. The highest BCUT2D eigenvalue weighted by Crippen LogP contribution is 2.20. The summed E-state index contributed by atoms with van der Waals surface area (Å²) in [5, 5.41) is 0.397. The van der Waals surface area contributed by atoms with Crippen LogP contribution in [-0.2, 0) is 16.0 Å². The maximum Gasteiger partial charge on any atom is 0.338 e. The monoisotopic (exact) mass is 466 g/mol. The Morgan fingerprint density at radius 2 is 1.91 bits per heavy atom. The van der Waals surface area contributed by atoms with Crippen molar-refractivity contribution in [3.8, 4) is 0 Å². The van der Waals surface area contributed by atoms with Crippen LogP contribution in [0.5, 0.6) is 0 Å². The van der Waals surface area contributed by atoms with Crippen molar-refractivity contribution in [1.29, 1.82) is 0 Å². The van der Waals surface area contributed by atoms with Gasteiger partial charge in [0.15, 0.2) is 16.0 Å². The van der Waals surface area contributed by atoms with Gasteiger partial charge in [0.25, 0.3) is 0 Å². The number of thiazole rings is 1. The lowest BCUT2D eigenvalue weighted by Gasteiger charge is -2.06. The average Bonchev–Trinajstić information content (AvgIpc) is 3.15. The summed E-state index contributed by atoms with van der Waals surface area (Å²) in [7, 11) is 0. The number of esters is 1. The zero-order valence-electron chi connectivity index (χ0n) is 18.2. The molecular formula is C24H22N2O6S. The summed E-state index contributed by atoms with van der Waals surface area (Å²) < 4.78 is 18.8. The number of benzene rings is 2. The van der Waals surface area contributed by atoms with E-state index in [2.05, 4.69) is 4.99 Å². The maximum absolute atomic E-state index is 12.9. The highest BCUT2D eigenvalue weighted by atomic mass is 32.1. The third-order valence-corrected chi connectivity index (χ3v) is 5.94. The Balaban J connectivity index is 1.80. The normalized spacial score (nSPS) is 11.9. The molecule has 0 aliphatic heterocycles. The van der Waals surface area contributed by atoms with Crippen LogP contribution in [-0.4, -0.2) is 36.3 Å². The van der Waals surface area contributed by atoms with E-state index in [9.17, 15) is 14.4 Å². The van der Waals surface area contributed by atoms with Gasteiger partial charge in [0, 0.05) is 19.2 Å². The Bertz CT molecular complexity index is 1460. The zero-order valence-corrected chi connectivity index (χ0v) is 19.0. The van der Waals surface area contributed by atoms with Gasteiger partial charge in [-0.1, -0.05) is 23.5 Å². The van der Waals surface area contributed by atoms with E-state index in [4.69, 9.17) is 13.9 Å². The first-order chi connectivity index (χ1) is 16.0. The standard InChI is InChI=1S/C24H22N2O6S/c1-3-30-12-11-26-17-10-9-15(23(29)31-4-2)13-21(17)33-24(26)25-22(28)20-14-18(27)16-7-5-6-8-19(16)32-20/h5-10,13-14H,3-4,11-12H2,1-2H3. The predicted octanol–water partition coefficient (Wildman–Crippen LogP) is 3.76. The van der Waals surface area contributed by atoms with Crippen molar-refractivity contribution in [2.75, 3.05) is 19.8 Å². The number of hydrogen-bond acceptors (Lipinski definition) is 7. The Morgan fingerprint density at radius 1 is 1.09 bits per heavy atom. The summed E-state index contributed by atoms with van der Waals surface area (Å²) in [5.74, 6) is -1.22. The van der Waals surface area contributed by atoms with Crippen molar-refractivity contribution in [3.63, 3.8) is 0 Å². The van der Waals surface area contributed by atoms with Gasteiger partial charge in [0.2, 0.25) is 0 Å². The van der Waals surface area contributed by atoms with E-state index in [1.165, 1.54) is 11.3 Å². The first kappa shape index (κ1) is 22.6. The number of para-hydroxylation sites is 1. The molecule has 0 atom stereocenters. The SMILES string of the molecule is CCOCCn1c(=NC(=O)c2cc(=O)c3ccccc3o2)sc2cc(C(=O)OCC)ccc21. The van der Waals surface area contributed by atoms with Crippen LogP contribution in [0.3, 0.4) is 0 Å². The minimum absolute atomic E-state index is 0.139. The fourth-order valence-electron chi connectivity index (χ4n) is 3.37. The van der Waals surface area contributed by atoms with Gasteiger partial charge in [-0.3, -0.25) is 9.59 Å². The second-order valence-corrected chi connectivity index (χ2v) is 8.03. The molecule has 0 saturated carbocycles. The summed E-state index contributed by atoms with van der Waals surface area (Å²) in [6.45, 7) is 5.37. The smallest absolute Gasteiger partial charge is 0.338 e. The van der Waals surface area contributed by atoms with E-state index >= 15 is 0 Å². The van der Waals surface area contributed by atoms with Crippen molar-refractivity contribution < 1.29 is 23.5 Å². The topological polar surface area (TPSA) is 100 Å². The molecule has 1 amide bonds. The molecule has 4 aromatic rings. The molecule has 2 aromatic carbocycles. The van der Waals surface area contributed by atoms with E-state index < -0.39 is 11.9 Å². The molecule has 33 heavy (non-hydrogen) atoms. The summed E-state index contributed by atoms with van der Waals surface area (Å²) in [4.78, 5) is 42.1. The minimum Gasteiger partial charge on any atom is -0.462 e. The number of rotatable bonds is 7. The molecule has 0 unspecified atom stereocenters. The molecule has 170 valence electrons. The molecule has 9 heteroatoms. The second-order valence-electron chi connectivity index (χ2n) is 7.02. The third kappa shape index (κ3) is 4.79. The quantitative estimate of drug-likeness (QED) is 0.304. The lowest BCUT2D eigenvalue weighted by atomic mass is 10.2. The van der Waals surface area contributed by atoms with Crippen molar-refractivity contribution in [2.45, 2.75) is 20.4 Å². The Morgan fingerprint density at radius 3 is 2.70 bits per heavy atom. The number of carbonyl (C=O) groups excluding carboxylic acids is 2. The number of amides is 1. The van der Waals surface area contributed by atoms with E-state index in [-0.39, 0.29) is 17.8 Å². The van der Waals surface area contributed by atoms with Crippen molar-refractivity contribution in [1.82, 2.24) is 4.57 Å². The number of nitrogens with zero attached hydrogens (tertiary/aromatic N) is 2. The van der Waals surface area contributed by atoms with Gasteiger partial charge < -0.3 is 18.5 Å². The van der Waals surface area contributed by atoms with Crippen molar-refractivity contribution >= 4 is 44.4 Å². The first-order valence-corrected chi connectivity index (χ1v) is 11.3. The number of fused-ring (bicyclic) bond motifs is 2. The number of aromatic nitrogens is 1. The van der Waals surface area contributed by atoms with Gasteiger partial charge in [-0.25, -0.2) is 4.79 Å². The molecule has 2 heterocycles. The average molecular weight is 467 g/mol. The minimum atomic E-state index is -0.666. The fourth-order valence-corrected chi connectivity index (χ4v) is 4.46. The van der Waals surface area contributed by atoms with E-state index in [1.807, 2.05) is 11.5 Å². The van der Waals surface area contributed by atoms with Gasteiger partial charge in [0.05, 0.1) is 34.4 Å². The van der Waals surface area contributed by atoms with Crippen LogP contribution in [0, 0.1) is 0 Å². The molecular weight excluding hydrogens is 444 g/mol. The Kier molecular flexibility index (Phi) is 6.81. The summed E-state index contributed by atoms with van der Waals surface area (Å²) in [6.07, 6.45) is 0. The van der Waals surface area contributed by atoms with Crippen LogP contribution in [0.15, 0.2) is 62.7 Å². The van der Waals surface area contributed by atoms with Gasteiger partial charge >= 0.3 is 11.9 Å². The van der Waals surface area contributed by atoms with Crippen LogP contribution >= 0.6 is 11.3 Å². The van der Waals surface area contributed by atoms with E-state index in [0.717, 1.165) is 16.3 Å². The number of ether oxygens (including phenoxy) is 2. The summed E-state index contributed by atoms with van der Waals surface area (Å²) in [6, 6.07) is 13.1. The van der Waals surface area contributed by atoms with Gasteiger partial charge in [-0.15, -0.1) is 0 Å². The molecule has 0 spiro atoms. The summed E-state index contributed by atoms with van der Waals surface area (Å²) in [5.41, 5.74) is 1.23. The maximum atomic E-state index is 12.9. The molecule has 0 aliphatic rings. The number of carbonyl (C=O) groups is 2. The molecule has 0 aliphatic carbocycles. The van der Waals surface area contributed by atoms with Crippen LogP contribution < -0.4 is 10.2 Å². The second kappa shape index (κ2) is 9.93. The first-order valence-electron chi connectivity index (χ1n) is 10.5. The Labute approximate surface area is 192 Å². The molecule has 8 nitrogen and oxygen atoms in total. The largest absolute Gasteiger partial charge is 0.462 e. The van der Waals surface area contributed by atoms with Crippen LogP contribution in [0.1, 0.15) is 34.8 Å². The predicted molar refractivity (Wildman–Crippen MR) is 125 cm³/mol. The fraction of sp³-hybridized carbons (Fsp3) is 0.250. The van der Waals surface area contributed by atoms with Crippen LogP contribution in [0.4, 0.5) is 0 Å². The van der Waals surface area contributed by atoms with Gasteiger partial charge in [0.1, 0.15) is 5.58 Å². The number of hydrogen-bond donors (Lipinski definition) is 0. The Hall–Kier alpha value is -3.56. The lowest BCUT2D eigenvalue weighted by Crippen LogP contribution is -2.20. The van der Waals surface area contributed by atoms with E-state index in [0.29, 0.717) is 41.1 Å². The molecule has 2 aromatic heterocycles. The molecule has 0 N–H and O–H groups in total. The van der Waals surface area contributed by atoms with Crippen LogP contribution in [0.25, 0.3) is 21.2 Å². The van der Waals surface area contributed by atoms with Crippen LogP contribution in [0.2, 0.25) is 0 Å².